The first-order valence-corrected chi connectivity index (χ1v) is 12.3. The molecule has 1 aromatic rings. The lowest BCUT2D eigenvalue weighted by Gasteiger charge is -2.32. The van der Waals surface area contributed by atoms with Crippen LogP contribution in [0.4, 0.5) is 4.79 Å². The van der Waals surface area contributed by atoms with E-state index in [-0.39, 0.29) is 18.1 Å². The first kappa shape index (κ1) is 24.1. The molecule has 32 heavy (non-hydrogen) atoms. The van der Waals surface area contributed by atoms with Crippen LogP contribution in [0.1, 0.15) is 19.4 Å². The number of amides is 3. The zero-order chi connectivity index (χ0) is 23.4. The standard InChI is InChI=1S/C21H29N3O7S/c1-15-21(2,18(25)12-31-15)23-19(26)17(22-20(27)24-8-10-30-11-9-24)14-32(28,29)13-16-6-4-3-5-7-16/h3-7,15,17H,8-14H2,1-2H3,(H,22,27)(H,23,26). The fourth-order valence-electron chi connectivity index (χ4n) is 3.59. The van der Waals surface area contributed by atoms with Crippen LogP contribution in [0.3, 0.4) is 0 Å². The molecule has 0 saturated carbocycles. The smallest absolute Gasteiger partial charge is 0.318 e. The highest BCUT2D eigenvalue weighted by Crippen LogP contribution is 2.22. The number of sulfone groups is 1. The minimum absolute atomic E-state index is 0.144. The van der Waals surface area contributed by atoms with Gasteiger partial charge in [-0.05, 0) is 19.4 Å². The van der Waals surface area contributed by atoms with Gasteiger partial charge < -0.3 is 25.0 Å². The van der Waals surface area contributed by atoms with Gasteiger partial charge in [0.2, 0.25) is 5.91 Å². The Morgan fingerprint density at radius 1 is 1.22 bits per heavy atom. The number of ether oxygens (including phenoxy) is 2. The molecule has 2 aliphatic rings. The molecule has 0 spiro atoms. The van der Waals surface area contributed by atoms with E-state index in [1.165, 1.54) is 11.8 Å². The second kappa shape index (κ2) is 9.97. The summed E-state index contributed by atoms with van der Waals surface area (Å²) < 4.78 is 36.3. The van der Waals surface area contributed by atoms with Crippen LogP contribution >= 0.6 is 0 Å². The number of ketones is 1. The van der Waals surface area contributed by atoms with Crippen molar-refractivity contribution in [1.82, 2.24) is 15.5 Å². The molecule has 3 unspecified atom stereocenters. The molecule has 2 heterocycles. The Balaban J connectivity index is 1.77. The third kappa shape index (κ3) is 5.84. The van der Waals surface area contributed by atoms with Crippen molar-refractivity contribution in [2.75, 3.05) is 38.7 Å². The lowest BCUT2D eigenvalue weighted by Crippen LogP contribution is -2.62. The third-order valence-corrected chi connectivity index (χ3v) is 7.42. The number of hydrogen-bond acceptors (Lipinski definition) is 7. The Morgan fingerprint density at radius 2 is 1.88 bits per heavy atom. The van der Waals surface area contributed by atoms with Crippen molar-refractivity contribution >= 4 is 27.6 Å². The minimum Gasteiger partial charge on any atom is -0.378 e. The van der Waals surface area contributed by atoms with Gasteiger partial charge in [-0.25, -0.2) is 13.2 Å². The molecule has 11 heteroatoms. The second-order valence-corrected chi connectivity index (χ2v) is 10.3. The highest BCUT2D eigenvalue weighted by molar-refractivity contribution is 7.90. The van der Waals surface area contributed by atoms with Crippen LogP contribution in [0.15, 0.2) is 30.3 Å². The summed E-state index contributed by atoms with van der Waals surface area (Å²) in [5.74, 6) is -1.95. The first-order valence-electron chi connectivity index (χ1n) is 10.5. The zero-order valence-electron chi connectivity index (χ0n) is 18.2. The van der Waals surface area contributed by atoms with Crippen molar-refractivity contribution in [1.29, 1.82) is 0 Å². The van der Waals surface area contributed by atoms with E-state index in [4.69, 9.17) is 9.47 Å². The number of benzene rings is 1. The van der Waals surface area contributed by atoms with Crippen molar-refractivity contribution in [3.63, 3.8) is 0 Å². The number of nitrogens with zero attached hydrogens (tertiary/aromatic N) is 1. The van der Waals surface area contributed by atoms with E-state index in [9.17, 15) is 22.8 Å². The summed E-state index contributed by atoms with van der Waals surface area (Å²) in [6, 6.07) is 6.64. The molecule has 0 radical (unpaired) electrons. The molecule has 0 aromatic heterocycles. The molecule has 3 rings (SSSR count). The fraction of sp³-hybridized carbons (Fsp3) is 0.571. The number of morpholine rings is 1. The van der Waals surface area contributed by atoms with Crippen molar-refractivity contribution in [3.05, 3.63) is 35.9 Å². The largest absolute Gasteiger partial charge is 0.378 e. The lowest BCUT2D eigenvalue weighted by molar-refractivity contribution is -0.130. The number of urea groups is 1. The first-order chi connectivity index (χ1) is 15.1. The molecular weight excluding hydrogens is 438 g/mol. The Morgan fingerprint density at radius 3 is 2.47 bits per heavy atom. The maximum atomic E-state index is 13.1. The third-order valence-electron chi connectivity index (χ3n) is 5.80. The molecule has 3 atom stereocenters. The maximum Gasteiger partial charge on any atom is 0.318 e. The monoisotopic (exact) mass is 467 g/mol. The van der Waals surface area contributed by atoms with E-state index in [2.05, 4.69) is 10.6 Å². The predicted molar refractivity (Wildman–Crippen MR) is 116 cm³/mol. The van der Waals surface area contributed by atoms with Crippen molar-refractivity contribution in [3.8, 4) is 0 Å². The predicted octanol–water partition coefficient (Wildman–Crippen LogP) is -0.125. The molecule has 0 aliphatic carbocycles. The van der Waals surface area contributed by atoms with E-state index >= 15 is 0 Å². The molecule has 176 valence electrons. The quantitative estimate of drug-likeness (QED) is 0.571. The van der Waals surface area contributed by atoms with Crippen LogP contribution in [0.2, 0.25) is 0 Å². The van der Waals surface area contributed by atoms with E-state index < -0.39 is 45.2 Å². The van der Waals surface area contributed by atoms with Crippen LogP contribution in [-0.4, -0.2) is 87.4 Å². The number of Topliss-reactive ketones (excluding diaryl/α,β-unsaturated/α-hetero) is 1. The zero-order valence-corrected chi connectivity index (χ0v) is 19.0. The van der Waals surface area contributed by atoms with Gasteiger partial charge in [0.15, 0.2) is 15.6 Å². The van der Waals surface area contributed by atoms with E-state index in [0.29, 0.717) is 31.9 Å². The topological polar surface area (TPSA) is 131 Å². The number of nitrogens with one attached hydrogen (secondary N) is 2. The Bertz CT molecular complexity index is 947. The van der Waals surface area contributed by atoms with Crippen LogP contribution in [0.5, 0.6) is 0 Å². The highest BCUT2D eigenvalue weighted by atomic mass is 32.2. The molecule has 2 aliphatic heterocycles. The van der Waals surface area contributed by atoms with E-state index in [1.54, 1.807) is 37.3 Å². The molecule has 3 amide bonds. The molecule has 2 fully saturated rings. The van der Waals surface area contributed by atoms with Gasteiger partial charge in [-0.1, -0.05) is 30.3 Å². The van der Waals surface area contributed by atoms with Gasteiger partial charge in [-0.15, -0.1) is 0 Å². The average molecular weight is 468 g/mol. The lowest BCUT2D eigenvalue weighted by atomic mass is 9.93. The summed E-state index contributed by atoms with van der Waals surface area (Å²) in [6.07, 6.45) is -0.588. The van der Waals surface area contributed by atoms with Crippen molar-refractivity contribution in [2.45, 2.75) is 37.3 Å². The second-order valence-electron chi connectivity index (χ2n) is 8.21. The number of carbonyl (C=O) groups excluding carboxylic acids is 3. The summed E-state index contributed by atoms with van der Waals surface area (Å²) in [5.41, 5.74) is -0.728. The average Bonchev–Trinajstić information content (AvgIpc) is 3.01. The Labute approximate surface area is 187 Å². The van der Waals surface area contributed by atoms with Gasteiger partial charge in [-0.3, -0.25) is 9.59 Å². The highest BCUT2D eigenvalue weighted by Gasteiger charge is 2.47. The molecule has 2 saturated heterocycles. The maximum absolute atomic E-state index is 13.1. The normalized spacial score (nSPS) is 24.8. The molecular formula is C21H29N3O7S. The van der Waals surface area contributed by atoms with Crippen molar-refractivity contribution in [2.24, 2.45) is 0 Å². The summed E-state index contributed by atoms with van der Waals surface area (Å²) >= 11 is 0. The molecule has 1 aromatic carbocycles. The summed E-state index contributed by atoms with van der Waals surface area (Å²) in [4.78, 5) is 39.6. The Kier molecular flexibility index (Phi) is 7.52. The van der Waals surface area contributed by atoms with Gasteiger partial charge in [0.1, 0.15) is 18.2 Å². The van der Waals surface area contributed by atoms with E-state index in [0.717, 1.165) is 0 Å². The van der Waals surface area contributed by atoms with Crippen LogP contribution < -0.4 is 10.6 Å². The Hall–Kier alpha value is -2.50. The van der Waals surface area contributed by atoms with E-state index in [1.807, 2.05) is 0 Å². The SMILES string of the molecule is CC1OCC(=O)C1(C)NC(=O)C(CS(=O)(=O)Cc1ccccc1)NC(=O)N1CCOCC1. The number of carbonyl (C=O) groups is 3. The molecule has 2 N–H and O–H groups in total. The summed E-state index contributed by atoms with van der Waals surface area (Å²) in [7, 11) is -3.77. The van der Waals surface area contributed by atoms with Gasteiger partial charge >= 0.3 is 6.03 Å². The van der Waals surface area contributed by atoms with Crippen molar-refractivity contribution < 1.29 is 32.3 Å². The number of rotatable bonds is 7. The minimum atomic E-state index is -3.77. The van der Waals surface area contributed by atoms with Gasteiger partial charge in [0.05, 0.1) is 30.8 Å². The van der Waals surface area contributed by atoms with Gasteiger partial charge in [0.25, 0.3) is 0 Å². The fourth-order valence-corrected chi connectivity index (χ4v) is 5.15. The summed E-state index contributed by atoms with van der Waals surface area (Å²) in [5, 5.41) is 5.15. The van der Waals surface area contributed by atoms with Gasteiger partial charge in [0, 0.05) is 13.1 Å². The molecule has 10 nitrogen and oxygen atoms in total. The van der Waals surface area contributed by atoms with Crippen LogP contribution in [0.25, 0.3) is 0 Å². The van der Waals surface area contributed by atoms with Crippen LogP contribution in [-0.2, 0) is 34.7 Å². The number of hydrogen-bond donors (Lipinski definition) is 2. The van der Waals surface area contributed by atoms with Crippen LogP contribution in [0, 0.1) is 0 Å². The van der Waals surface area contributed by atoms with Gasteiger partial charge in [-0.2, -0.15) is 0 Å². The summed E-state index contributed by atoms with van der Waals surface area (Å²) in [6.45, 7) is 4.42. The molecule has 0 bridgehead atoms.